The zero-order chi connectivity index (χ0) is 10.8. The summed E-state index contributed by atoms with van der Waals surface area (Å²) in [5.74, 6) is -0.0463. The lowest BCUT2D eigenvalue weighted by Gasteiger charge is -2.39. The van der Waals surface area contributed by atoms with Gasteiger partial charge < -0.3 is 5.32 Å². The Morgan fingerprint density at radius 3 is 2.67 bits per heavy atom. The topological polar surface area (TPSA) is 59.6 Å². The van der Waals surface area contributed by atoms with E-state index in [4.69, 9.17) is 22.1 Å². The first-order chi connectivity index (χ1) is 7.27. The van der Waals surface area contributed by atoms with Crippen LogP contribution in [0.15, 0.2) is 10.7 Å². The van der Waals surface area contributed by atoms with Crippen LogP contribution in [0.5, 0.6) is 0 Å². The highest BCUT2D eigenvalue weighted by Crippen LogP contribution is 2.38. The zero-order valence-corrected chi connectivity index (χ0v) is 9.09. The van der Waals surface area contributed by atoms with Gasteiger partial charge in [0.05, 0.1) is 23.6 Å². The van der Waals surface area contributed by atoms with E-state index in [9.17, 15) is 0 Å². The molecule has 4 heteroatoms. The Morgan fingerprint density at radius 2 is 2.00 bits per heavy atom. The largest absolute Gasteiger partial charge is 0.372 e. The van der Waals surface area contributed by atoms with Crippen LogP contribution in [-0.4, -0.2) is 6.04 Å². The van der Waals surface area contributed by atoms with Crippen LogP contribution in [0.2, 0.25) is 0 Å². The Balaban J connectivity index is 2.34. The molecular formula is C11H12ClN3. The molecule has 0 bridgehead atoms. The number of fused-ring (bicyclic) bond motifs is 1. The number of halogens is 1. The van der Waals surface area contributed by atoms with Crippen LogP contribution in [0.25, 0.3) is 0 Å². The molecule has 0 radical (unpaired) electrons. The lowest BCUT2D eigenvalue weighted by molar-refractivity contribution is 0.232. The molecule has 78 valence electrons. The molecule has 3 nitrogen and oxygen atoms in total. The summed E-state index contributed by atoms with van der Waals surface area (Å²) in [7, 11) is 0. The van der Waals surface area contributed by atoms with Gasteiger partial charge in [-0.15, -0.1) is 0 Å². The normalized spacial score (nSPS) is 34.7. The fourth-order valence-corrected chi connectivity index (χ4v) is 2.91. The van der Waals surface area contributed by atoms with Crippen molar-refractivity contribution in [2.45, 2.75) is 31.7 Å². The highest BCUT2D eigenvalue weighted by Gasteiger charge is 2.39. The Bertz CT molecular complexity index is 374. The van der Waals surface area contributed by atoms with Gasteiger partial charge >= 0.3 is 0 Å². The van der Waals surface area contributed by atoms with E-state index in [1.807, 2.05) is 0 Å². The number of hydrogen-bond acceptors (Lipinski definition) is 3. The van der Waals surface area contributed by atoms with Crippen molar-refractivity contribution in [1.82, 2.24) is 5.32 Å². The molecule has 2 rings (SSSR count). The summed E-state index contributed by atoms with van der Waals surface area (Å²) in [5.41, 5.74) is 0.419. The number of rotatable bonds is 0. The SMILES string of the molecule is N#CC1=C(Cl)NC2CCCCC2C1C#N. The lowest BCUT2D eigenvalue weighted by atomic mass is 9.72. The summed E-state index contributed by atoms with van der Waals surface area (Å²) in [6, 6.07) is 4.57. The van der Waals surface area contributed by atoms with Gasteiger partial charge in [0.1, 0.15) is 5.16 Å². The van der Waals surface area contributed by atoms with Crippen LogP contribution in [0.4, 0.5) is 0 Å². The summed E-state index contributed by atoms with van der Waals surface area (Å²) in [4.78, 5) is 0. The maximum Gasteiger partial charge on any atom is 0.117 e. The third-order valence-corrected chi connectivity index (χ3v) is 3.68. The minimum absolute atomic E-state index is 0.265. The van der Waals surface area contributed by atoms with E-state index in [-0.39, 0.29) is 17.9 Å². The van der Waals surface area contributed by atoms with Gasteiger partial charge in [-0.1, -0.05) is 24.4 Å². The van der Waals surface area contributed by atoms with E-state index in [1.165, 1.54) is 6.42 Å². The average Bonchev–Trinajstić information content (AvgIpc) is 2.27. The van der Waals surface area contributed by atoms with Crippen LogP contribution in [0.3, 0.4) is 0 Å². The van der Waals surface area contributed by atoms with Crippen LogP contribution in [0, 0.1) is 34.5 Å². The second-order valence-electron chi connectivity index (χ2n) is 4.15. The molecule has 15 heavy (non-hydrogen) atoms. The molecular weight excluding hydrogens is 210 g/mol. The maximum atomic E-state index is 9.13. The van der Waals surface area contributed by atoms with E-state index in [0.29, 0.717) is 10.7 Å². The first-order valence-corrected chi connectivity index (χ1v) is 5.61. The van der Waals surface area contributed by atoms with Gasteiger partial charge in [-0.2, -0.15) is 10.5 Å². The monoisotopic (exact) mass is 221 g/mol. The highest BCUT2D eigenvalue weighted by atomic mass is 35.5. The van der Waals surface area contributed by atoms with Gasteiger partial charge in [-0.25, -0.2) is 0 Å². The quantitative estimate of drug-likeness (QED) is 0.639. The molecule has 1 saturated carbocycles. The standard InChI is InChI=1S/C11H12ClN3/c12-11-9(6-14)8(5-13)7-3-1-2-4-10(7)15-11/h7-8,10,15H,1-4H2. The fraction of sp³-hybridized carbons (Fsp3) is 0.636. The van der Waals surface area contributed by atoms with Crippen LogP contribution < -0.4 is 5.32 Å². The summed E-state index contributed by atoms with van der Waals surface area (Å²) in [6.45, 7) is 0. The highest BCUT2D eigenvalue weighted by molar-refractivity contribution is 6.30. The van der Waals surface area contributed by atoms with Gasteiger partial charge in [0.2, 0.25) is 0 Å². The number of hydrogen-bond donors (Lipinski definition) is 1. The molecule has 0 aromatic heterocycles. The second kappa shape index (κ2) is 4.13. The van der Waals surface area contributed by atoms with Crippen molar-refractivity contribution in [3.63, 3.8) is 0 Å². The molecule has 0 amide bonds. The molecule has 2 aliphatic rings. The van der Waals surface area contributed by atoms with E-state index >= 15 is 0 Å². The Kier molecular flexibility index (Phi) is 2.84. The summed E-state index contributed by atoms with van der Waals surface area (Å²) in [5, 5.41) is 21.6. The zero-order valence-electron chi connectivity index (χ0n) is 8.33. The van der Waals surface area contributed by atoms with Crippen molar-refractivity contribution in [3.8, 4) is 12.1 Å². The van der Waals surface area contributed by atoms with Gasteiger partial charge in [-0.05, 0) is 18.8 Å². The van der Waals surface area contributed by atoms with Gasteiger partial charge in [0, 0.05) is 6.04 Å². The van der Waals surface area contributed by atoms with Crippen molar-refractivity contribution in [2.24, 2.45) is 11.8 Å². The van der Waals surface area contributed by atoms with E-state index < -0.39 is 0 Å². The molecule has 0 aromatic carbocycles. The fourth-order valence-electron chi connectivity index (χ4n) is 2.61. The molecule has 1 N–H and O–H groups in total. The summed E-state index contributed by atoms with van der Waals surface area (Å²) in [6.07, 6.45) is 4.40. The second-order valence-corrected chi connectivity index (χ2v) is 4.52. The molecule has 1 aliphatic carbocycles. The van der Waals surface area contributed by atoms with Crippen molar-refractivity contribution in [3.05, 3.63) is 10.7 Å². The lowest BCUT2D eigenvalue weighted by Crippen LogP contribution is -2.45. The van der Waals surface area contributed by atoms with Crippen LogP contribution in [0.1, 0.15) is 25.7 Å². The van der Waals surface area contributed by atoms with Crippen molar-refractivity contribution in [1.29, 1.82) is 10.5 Å². The minimum Gasteiger partial charge on any atom is -0.372 e. The Labute approximate surface area is 94.3 Å². The molecule has 0 spiro atoms. The van der Waals surface area contributed by atoms with Gasteiger partial charge in [0.25, 0.3) is 0 Å². The molecule has 1 fully saturated rings. The summed E-state index contributed by atoms with van der Waals surface area (Å²) < 4.78 is 0. The number of nitrogens with zero attached hydrogens (tertiary/aromatic N) is 2. The van der Waals surface area contributed by atoms with Crippen molar-refractivity contribution in [2.75, 3.05) is 0 Å². The number of nitrogens with one attached hydrogen (secondary N) is 1. The molecule has 1 aliphatic heterocycles. The smallest absolute Gasteiger partial charge is 0.117 e. The average molecular weight is 222 g/mol. The molecule has 3 atom stereocenters. The minimum atomic E-state index is -0.311. The van der Waals surface area contributed by atoms with Crippen LogP contribution >= 0.6 is 11.6 Å². The molecule has 0 saturated heterocycles. The first-order valence-electron chi connectivity index (χ1n) is 5.24. The predicted molar refractivity (Wildman–Crippen MR) is 56.5 cm³/mol. The van der Waals surface area contributed by atoms with Crippen molar-refractivity contribution < 1.29 is 0 Å². The molecule has 1 heterocycles. The number of nitriles is 2. The van der Waals surface area contributed by atoms with Crippen LogP contribution in [-0.2, 0) is 0 Å². The molecule has 0 aromatic rings. The maximum absolute atomic E-state index is 9.13. The van der Waals surface area contributed by atoms with Crippen molar-refractivity contribution >= 4 is 11.6 Å². The third-order valence-electron chi connectivity index (χ3n) is 3.37. The van der Waals surface area contributed by atoms with Gasteiger partial charge in [-0.3, -0.25) is 0 Å². The van der Waals surface area contributed by atoms with E-state index in [2.05, 4.69) is 17.5 Å². The Morgan fingerprint density at radius 1 is 1.27 bits per heavy atom. The third kappa shape index (κ3) is 1.68. The molecule has 3 unspecified atom stereocenters. The Hall–Kier alpha value is -1.19. The first kappa shape index (κ1) is 10.3. The van der Waals surface area contributed by atoms with Gasteiger partial charge in [0.15, 0.2) is 0 Å². The summed E-state index contributed by atoms with van der Waals surface area (Å²) >= 11 is 5.97. The van der Waals surface area contributed by atoms with E-state index in [0.717, 1.165) is 19.3 Å². The predicted octanol–water partition coefficient (Wildman–Crippen LogP) is 2.26. The number of allylic oxidation sites excluding steroid dienone is 1. The van der Waals surface area contributed by atoms with E-state index in [1.54, 1.807) is 0 Å².